The van der Waals surface area contributed by atoms with Gasteiger partial charge < -0.3 is 10.4 Å². The van der Waals surface area contributed by atoms with Crippen molar-refractivity contribution in [3.05, 3.63) is 53.3 Å². The summed E-state index contributed by atoms with van der Waals surface area (Å²) >= 11 is 0. The molecule has 1 aliphatic carbocycles. The molecule has 0 radical (unpaired) electrons. The van der Waals surface area contributed by atoms with Crippen molar-refractivity contribution in [2.45, 2.75) is 44.8 Å². The number of nitrogens with one attached hydrogen (secondary N) is 1. The zero-order chi connectivity index (χ0) is 16.3. The van der Waals surface area contributed by atoms with Crippen LogP contribution in [0.5, 0.6) is 0 Å². The third-order valence-corrected chi connectivity index (χ3v) is 4.57. The Balaban J connectivity index is 1.71. The lowest BCUT2D eigenvalue weighted by molar-refractivity contribution is -0.0300. The molecule has 3 rings (SSSR count). The summed E-state index contributed by atoms with van der Waals surface area (Å²) in [4.78, 5) is 12.4. The van der Waals surface area contributed by atoms with Crippen molar-refractivity contribution in [2.75, 3.05) is 6.54 Å². The maximum Gasteiger partial charge on any atom is 0.254 e. The van der Waals surface area contributed by atoms with Gasteiger partial charge >= 0.3 is 0 Å². The van der Waals surface area contributed by atoms with Gasteiger partial charge in [-0.25, -0.2) is 0 Å². The Labute approximate surface area is 136 Å². The normalized spacial score (nSPS) is 15.9. The van der Waals surface area contributed by atoms with Crippen LogP contribution in [0.2, 0.25) is 0 Å². The van der Waals surface area contributed by atoms with Crippen LogP contribution in [0.4, 0.5) is 0 Å². The van der Waals surface area contributed by atoms with E-state index in [1.807, 2.05) is 41.9 Å². The van der Waals surface area contributed by atoms with Crippen molar-refractivity contribution >= 4 is 5.91 Å². The molecule has 0 atom stereocenters. The van der Waals surface area contributed by atoms with Crippen LogP contribution in [0.1, 0.15) is 47.8 Å². The van der Waals surface area contributed by atoms with E-state index < -0.39 is 5.60 Å². The molecular formula is C18H23N3O2. The first-order chi connectivity index (χ1) is 11.1. The molecule has 1 amide bonds. The maximum absolute atomic E-state index is 12.4. The molecular weight excluding hydrogens is 290 g/mol. The number of benzene rings is 1. The standard InChI is InChI=1S/C18H23N3O2/c1-2-16-15(17(22)19-13-18(23)9-6-10-18)11-20-21(16)12-14-7-4-3-5-8-14/h3-5,7-8,11,23H,2,6,9-10,12-13H2,1H3,(H,19,22). The molecule has 1 aromatic heterocycles. The van der Waals surface area contributed by atoms with Crippen molar-refractivity contribution in [1.82, 2.24) is 15.1 Å². The molecule has 1 aromatic carbocycles. The van der Waals surface area contributed by atoms with Gasteiger partial charge in [0.2, 0.25) is 0 Å². The van der Waals surface area contributed by atoms with E-state index in [1.165, 1.54) is 0 Å². The number of carbonyl (C=O) groups is 1. The van der Waals surface area contributed by atoms with Gasteiger partial charge in [0, 0.05) is 6.54 Å². The Morgan fingerprint density at radius 2 is 2.09 bits per heavy atom. The molecule has 1 fully saturated rings. The summed E-state index contributed by atoms with van der Waals surface area (Å²) in [5.74, 6) is -0.151. The number of amides is 1. The number of nitrogens with zero attached hydrogens (tertiary/aromatic N) is 2. The largest absolute Gasteiger partial charge is 0.388 e. The van der Waals surface area contributed by atoms with E-state index in [4.69, 9.17) is 0 Å². The predicted octanol–water partition coefficient (Wildman–Crippen LogP) is 2.14. The van der Waals surface area contributed by atoms with E-state index in [0.717, 1.165) is 36.9 Å². The van der Waals surface area contributed by atoms with Gasteiger partial charge in [0.05, 0.1) is 29.6 Å². The molecule has 5 nitrogen and oxygen atoms in total. The van der Waals surface area contributed by atoms with Crippen LogP contribution >= 0.6 is 0 Å². The first-order valence-electron chi connectivity index (χ1n) is 8.20. The van der Waals surface area contributed by atoms with Crippen LogP contribution in [-0.2, 0) is 13.0 Å². The third kappa shape index (κ3) is 3.45. The third-order valence-electron chi connectivity index (χ3n) is 4.57. The number of rotatable bonds is 6. The van der Waals surface area contributed by atoms with Gasteiger partial charge in [-0.3, -0.25) is 9.48 Å². The van der Waals surface area contributed by atoms with E-state index in [0.29, 0.717) is 18.7 Å². The molecule has 0 spiro atoms. The predicted molar refractivity (Wildman–Crippen MR) is 88.3 cm³/mol. The minimum absolute atomic E-state index is 0.151. The fourth-order valence-corrected chi connectivity index (χ4v) is 2.97. The number of aliphatic hydroxyl groups is 1. The second-order valence-electron chi connectivity index (χ2n) is 6.26. The summed E-state index contributed by atoms with van der Waals surface area (Å²) in [6.45, 7) is 2.99. The molecule has 1 heterocycles. The van der Waals surface area contributed by atoms with Crippen molar-refractivity contribution in [1.29, 1.82) is 0 Å². The minimum Gasteiger partial charge on any atom is -0.388 e. The highest BCUT2D eigenvalue weighted by Crippen LogP contribution is 2.30. The highest BCUT2D eigenvalue weighted by molar-refractivity contribution is 5.95. The molecule has 0 aliphatic heterocycles. The molecule has 1 saturated carbocycles. The molecule has 5 heteroatoms. The van der Waals surface area contributed by atoms with E-state index in [1.54, 1.807) is 6.20 Å². The van der Waals surface area contributed by atoms with Crippen molar-refractivity contribution < 1.29 is 9.90 Å². The molecule has 122 valence electrons. The van der Waals surface area contributed by atoms with Gasteiger partial charge in [0.1, 0.15) is 0 Å². The lowest BCUT2D eigenvalue weighted by Crippen LogP contribution is -2.47. The SMILES string of the molecule is CCc1c(C(=O)NCC2(O)CCC2)cnn1Cc1ccccc1. The fourth-order valence-electron chi connectivity index (χ4n) is 2.97. The Hall–Kier alpha value is -2.14. The molecule has 1 aliphatic rings. The lowest BCUT2D eigenvalue weighted by atomic mass is 9.80. The van der Waals surface area contributed by atoms with Crippen LogP contribution < -0.4 is 5.32 Å². The molecule has 23 heavy (non-hydrogen) atoms. The highest BCUT2D eigenvalue weighted by atomic mass is 16.3. The van der Waals surface area contributed by atoms with Crippen LogP contribution in [0.25, 0.3) is 0 Å². The Kier molecular flexibility index (Phi) is 4.48. The summed E-state index contributed by atoms with van der Waals surface area (Å²) in [5, 5.41) is 17.3. The second-order valence-corrected chi connectivity index (χ2v) is 6.26. The lowest BCUT2D eigenvalue weighted by Gasteiger charge is -2.36. The average Bonchev–Trinajstić information content (AvgIpc) is 2.94. The van der Waals surface area contributed by atoms with Crippen molar-refractivity contribution in [2.24, 2.45) is 0 Å². The van der Waals surface area contributed by atoms with Gasteiger partial charge in [-0.1, -0.05) is 37.3 Å². The van der Waals surface area contributed by atoms with E-state index in [-0.39, 0.29) is 5.91 Å². The molecule has 0 unspecified atom stereocenters. The zero-order valence-corrected chi connectivity index (χ0v) is 13.5. The van der Waals surface area contributed by atoms with Gasteiger partial charge in [0.25, 0.3) is 5.91 Å². The van der Waals surface area contributed by atoms with E-state index in [9.17, 15) is 9.90 Å². The van der Waals surface area contributed by atoms with Crippen molar-refractivity contribution in [3.63, 3.8) is 0 Å². The fraction of sp³-hybridized carbons (Fsp3) is 0.444. The maximum atomic E-state index is 12.4. The Morgan fingerprint density at radius 3 is 2.70 bits per heavy atom. The van der Waals surface area contributed by atoms with Gasteiger partial charge in [-0.2, -0.15) is 5.10 Å². The average molecular weight is 313 g/mol. The molecule has 2 N–H and O–H groups in total. The summed E-state index contributed by atoms with van der Waals surface area (Å²) in [7, 11) is 0. The van der Waals surface area contributed by atoms with Crippen LogP contribution in [0.3, 0.4) is 0 Å². The summed E-state index contributed by atoms with van der Waals surface area (Å²) in [6, 6.07) is 10.1. The smallest absolute Gasteiger partial charge is 0.254 e. The van der Waals surface area contributed by atoms with Gasteiger partial charge in [0.15, 0.2) is 0 Å². The number of carbonyl (C=O) groups excluding carboxylic acids is 1. The number of hydrogen-bond donors (Lipinski definition) is 2. The van der Waals surface area contributed by atoms with Gasteiger partial charge in [-0.15, -0.1) is 0 Å². The van der Waals surface area contributed by atoms with Crippen LogP contribution in [-0.4, -0.2) is 32.9 Å². The minimum atomic E-state index is -0.706. The zero-order valence-electron chi connectivity index (χ0n) is 13.5. The van der Waals surface area contributed by atoms with E-state index in [2.05, 4.69) is 10.4 Å². The van der Waals surface area contributed by atoms with Crippen LogP contribution in [0, 0.1) is 0 Å². The van der Waals surface area contributed by atoms with Crippen molar-refractivity contribution in [3.8, 4) is 0 Å². The summed E-state index contributed by atoms with van der Waals surface area (Å²) in [5.41, 5.74) is 1.97. The monoisotopic (exact) mass is 313 g/mol. The Bertz CT molecular complexity index is 675. The summed E-state index contributed by atoms with van der Waals surface area (Å²) in [6.07, 6.45) is 4.92. The summed E-state index contributed by atoms with van der Waals surface area (Å²) < 4.78 is 1.88. The number of aromatic nitrogens is 2. The number of hydrogen-bond acceptors (Lipinski definition) is 3. The highest BCUT2D eigenvalue weighted by Gasteiger charge is 2.34. The quantitative estimate of drug-likeness (QED) is 0.858. The molecule has 2 aromatic rings. The Morgan fingerprint density at radius 1 is 1.35 bits per heavy atom. The van der Waals surface area contributed by atoms with E-state index >= 15 is 0 Å². The first-order valence-corrected chi connectivity index (χ1v) is 8.20. The van der Waals surface area contributed by atoms with Crippen LogP contribution in [0.15, 0.2) is 36.5 Å². The topological polar surface area (TPSA) is 67.2 Å². The first kappa shape index (κ1) is 15.7. The molecule has 0 saturated heterocycles. The van der Waals surface area contributed by atoms with Gasteiger partial charge in [-0.05, 0) is 31.2 Å². The second kappa shape index (κ2) is 6.54. The molecule has 0 bridgehead atoms.